The average molecular weight is 339 g/mol. The van der Waals surface area contributed by atoms with Crippen LogP contribution < -0.4 is 5.32 Å². The minimum atomic E-state index is -0.123. The van der Waals surface area contributed by atoms with Crippen molar-refractivity contribution in [2.75, 3.05) is 6.54 Å². The van der Waals surface area contributed by atoms with Gasteiger partial charge in [-0.2, -0.15) is 0 Å². The summed E-state index contributed by atoms with van der Waals surface area (Å²) in [5.41, 5.74) is 2.77. The van der Waals surface area contributed by atoms with Crippen LogP contribution in [0, 0.1) is 0 Å². The predicted octanol–water partition coefficient (Wildman–Crippen LogP) is 2.67. The van der Waals surface area contributed by atoms with E-state index in [1.54, 1.807) is 12.4 Å². The number of carbonyl (C=O) groups is 1. The van der Waals surface area contributed by atoms with Crippen molar-refractivity contribution in [2.24, 2.45) is 0 Å². The minimum absolute atomic E-state index is 0.0427. The van der Waals surface area contributed by atoms with Gasteiger partial charge in [0.2, 0.25) is 0 Å². The molecule has 0 fully saturated rings. The quantitative estimate of drug-likeness (QED) is 0.724. The fraction of sp³-hybridized carbons (Fsp3) is 0.167. The number of rotatable bonds is 6. The van der Waals surface area contributed by atoms with Gasteiger partial charge in [-0.1, -0.05) is 30.3 Å². The summed E-state index contributed by atoms with van der Waals surface area (Å²) in [6.07, 6.45) is 4.03. The Balaban J connectivity index is 1.54. The summed E-state index contributed by atoms with van der Waals surface area (Å²) in [4.78, 5) is 21.3. The van der Waals surface area contributed by atoms with Crippen LogP contribution >= 0.6 is 11.3 Å². The van der Waals surface area contributed by atoms with Crippen LogP contribution in [0.25, 0.3) is 10.7 Å². The molecule has 3 aromatic rings. The molecule has 5 nitrogen and oxygen atoms in total. The molecule has 0 bridgehead atoms. The van der Waals surface area contributed by atoms with E-state index >= 15 is 0 Å². The topological polar surface area (TPSA) is 75.1 Å². The molecule has 0 saturated carbocycles. The SMILES string of the molecule is O=C(NCCc1ccc(CO)cc1)c1cnc(-c2ccccn2)s1. The fourth-order valence-corrected chi connectivity index (χ4v) is 3.01. The second-order valence-corrected chi connectivity index (χ2v) is 6.26. The summed E-state index contributed by atoms with van der Waals surface area (Å²) in [5, 5.41) is 12.7. The van der Waals surface area contributed by atoms with Gasteiger partial charge in [-0.25, -0.2) is 4.98 Å². The number of amides is 1. The number of carbonyl (C=O) groups excluding carboxylic acids is 1. The number of thiazole rings is 1. The first-order valence-electron chi connectivity index (χ1n) is 7.60. The Kier molecular flexibility index (Phi) is 5.30. The highest BCUT2D eigenvalue weighted by Crippen LogP contribution is 2.22. The van der Waals surface area contributed by atoms with Crippen molar-refractivity contribution in [2.45, 2.75) is 13.0 Å². The molecular weight excluding hydrogens is 322 g/mol. The molecular formula is C18H17N3O2S. The van der Waals surface area contributed by atoms with Gasteiger partial charge in [-0.05, 0) is 29.7 Å². The van der Waals surface area contributed by atoms with Crippen molar-refractivity contribution in [3.8, 4) is 10.7 Å². The summed E-state index contributed by atoms with van der Waals surface area (Å²) in [6, 6.07) is 13.3. The maximum atomic E-state index is 12.2. The van der Waals surface area contributed by atoms with Crippen molar-refractivity contribution < 1.29 is 9.90 Å². The van der Waals surface area contributed by atoms with Gasteiger partial charge < -0.3 is 10.4 Å². The Labute approximate surface area is 144 Å². The van der Waals surface area contributed by atoms with Gasteiger partial charge in [0.1, 0.15) is 9.88 Å². The molecule has 2 heterocycles. The second kappa shape index (κ2) is 7.81. The zero-order valence-electron chi connectivity index (χ0n) is 13.0. The largest absolute Gasteiger partial charge is 0.392 e. The lowest BCUT2D eigenvalue weighted by atomic mass is 10.1. The van der Waals surface area contributed by atoms with Crippen LogP contribution in [0.2, 0.25) is 0 Å². The molecule has 3 rings (SSSR count). The van der Waals surface area contributed by atoms with Crippen LogP contribution in [-0.4, -0.2) is 27.5 Å². The third-order valence-electron chi connectivity index (χ3n) is 3.52. The number of hydrogen-bond donors (Lipinski definition) is 2. The number of aliphatic hydroxyl groups excluding tert-OH is 1. The van der Waals surface area contributed by atoms with E-state index in [4.69, 9.17) is 5.11 Å². The van der Waals surface area contributed by atoms with Crippen LogP contribution in [0.15, 0.2) is 54.9 Å². The molecule has 0 atom stereocenters. The van der Waals surface area contributed by atoms with Crippen LogP contribution in [-0.2, 0) is 13.0 Å². The lowest BCUT2D eigenvalue weighted by molar-refractivity contribution is 0.0958. The fourth-order valence-electron chi connectivity index (χ4n) is 2.21. The molecule has 1 amide bonds. The van der Waals surface area contributed by atoms with Gasteiger partial charge in [0.25, 0.3) is 5.91 Å². The molecule has 6 heteroatoms. The number of aliphatic hydroxyl groups is 1. The summed E-state index contributed by atoms with van der Waals surface area (Å²) < 4.78 is 0. The summed E-state index contributed by atoms with van der Waals surface area (Å²) in [7, 11) is 0. The Morgan fingerprint density at radius 3 is 2.58 bits per heavy atom. The van der Waals surface area contributed by atoms with Crippen LogP contribution in [0.5, 0.6) is 0 Å². The van der Waals surface area contributed by atoms with Gasteiger partial charge in [-0.15, -0.1) is 11.3 Å². The predicted molar refractivity (Wildman–Crippen MR) is 93.7 cm³/mol. The molecule has 2 N–H and O–H groups in total. The van der Waals surface area contributed by atoms with Gasteiger partial charge in [-0.3, -0.25) is 9.78 Å². The number of hydrogen-bond acceptors (Lipinski definition) is 5. The molecule has 0 saturated heterocycles. The van der Waals surface area contributed by atoms with E-state index in [0.717, 1.165) is 28.2 Å². The zero-order chi connectivity index (χ0) is 16.8. The van der Waals surface area contributed by atoms with Gasteiger partial charge in [0, 0.05) is 12.7 Å². The van der Waals surface area contributed by atoms with E-state index in [1.807, 2.05) is 42.5 Å². The standard InChI is InChI=1S/C18H17N3O2S/c22-12-14-6-4-13(5-7-14)8-10-20-17(23)16-11-21-18(24-16)15-3-1-2-9-19-15/h1-7,9,11,22H,8,10,12H2,(H,20,23). The molecule has 2 aromatic heterocycles. The van der Waals surface area contributed by atoms with Crippen LogP contribution in [0.1, 0.15) is 20.8 Å². The Morgan fingerprint density at radius 2 is 1.88 bits per heavy atom. The molecule has 0 aliphatic carbocycles. The maximum absolute atomic E-state index is 12.2. The van der Waals surface area contributed by atoms with E-state index in [2.05, 4.69) is 15.3 Å². The van der Waals surface area contributed by atoms with E-state index in [-0.39, 0.29) is 12.5 Å². The number of nitrogens with zero attached hydrogens (tertiary/aromatic N) is 2. The third kappa shape index (κ3) is 4.04. The Hall–Kier alpha value is -2.57. The molecule has 0 aliphatic rings. The van der Waals surface area contributed by atoms with Crippen molar-refractivity contribution >= 4 is 17.2 Å². The first kappa shape index (κ1) is 16.3. The molecule has 24 heavy (non-hydrogen) atoms. The lowest BCUT2D eigenvalue weighted by Gasteiger charge is -2.04. The highest BCUT2D eigenvalue weighted by Gasteiger charge is 2.11. The smallest absolute Gasteiger partial charge is 0.263 e. The van der Waals surface area contributed by atoms with Gasteiger partial charge in [0.15, 0.2) is 0 Å². The summed E-state index contributed by atoms with van der Waals surface area (Å²) in [5.74, 6) is -0.123. The molecule has 0 aliphatic heterocycles. The monoisotopic (exact) mass is 339 g/mol. The lowest BCUT2D eigenvalue weighted by Crippen LogP contribution is -2.24. The number of pyridine rings is 1. The number of benzene rings is 1. The number of aromatic nitrogens is 2. The Morgan fingerprint density at radius 1 is 1.08 bits per heavy atom. The highest BCUT2D eigenvalue weighted by atomic mass is 32.1. The van der Waals surface area contributed by atoms with E-state index in [1.165, 1.54) is 11.3 Å². The van der Waals surface area contributed by atoms with Gasteiger partial charge >= 0.3 is 0 Å². The summed E-state index contributed by atoms with van der Waals surface area (Å²) in [6.45, 7) is 0.592. The zero-order valence-corrected chi connectivity index (χ0v) is 13.8. The first-order chi connectivity index (χ1) is 11.8. The van der Waals surface area contributed by atoms with E-state index in [9.17, 15) is 4.79 Å². The molecule has 0 spiro atoms. The normalized spacial score (nSPS) is 10.5. The van der Waals surface area contributed by atoms with Crippen molar-refractivity contribution in [1.82, 2.24) is 15.3 Å². The van der Waals surface area contributed by atoms with Crippen molar-refractivity contribution in [3.05, 3.63) is 70.9 Å². The molecule has 0 unspecified atom stereocenters. The van der Waals surface area contributed by atoms with Crippen LogP contribution in [0.4, 0.5) is 0 Å². The first-order valence-corrected chi connectivity index (χ1v) is 8.42. The third-order valence-corrected chi connectivity index (χ3v) is 4.54. The minimum Gasteiger partial charge on any atom is -0.392 e. The van der Waals surface area contributed by atoms with Gasteiger partial charge in [0.05, 0.1) is 18.5 Å². The van der Waals surface area contributed by atoms with Crippen molar-refractivity contribution in [3.63, 3.8) is 0 Å². The number of nitrogens with one attached hydrogen (secondary N) is 1. The average Bonchev–Trinajstić information content (AvgIpc) is 3.13. The highest BCUT2D eigenvalue weighted by molar-refractivity contribution is 7.16. The maximum Gasteiger partial charge on any atom is 0.263 e. The van der Waals surface area contributed by atoms with E-state index in [0.29, 0.717) is 11.4 Å². The molecule has 1 aromatic carbocycles. The second-order valence-electron chi connectivity index (χ2n) is 5.23. The molecule has 0 radical (unpaired) electrons. The van der Waals surface area contributed by atoms with Crippen molar-refractivity contribution in [1.29, 1.82) is 0 Å². The van der Waals surface area contributed by atoms with E-state index < -0.39 is 0 Å². The molecule has 122 valence electrons. The van der Waals surface area contributed by atoms with Crippen LogP contribution in [0.3, 0.4) is 0 Å². The summed E-state index contributed by atoms with van der Waals surface area (Å²) >= 11 is 1.33. The Bertz CT molecular complexity index is 801.